The fourth-order valence-corrected chi connectivity index (χ4v) is 4.48. The molecule has 0 spiro atoms. The molecule has 0 aromatic heterocycles. The predicted octanol–water partition coefficient (Wildman–Crippen LogP) is 1.47. The lowest BCUT2D eigenvalue weighted by molar-refractivity contribution is 0.201. The summed E-state index contributed by atoms with van der Waals surface area (Å²) in [7, 11) is -1.80. The van der Waals surface area contributed by atoms with Gasteiger partial charge in [-0.25, -0.2) is 8.42 Å². The van der Waals surface area contributed by atoms with Crippen molar-refractivity contribution >= 4 is 27.4 Å². The molecule has 6 nitrogen and oxygen atoms in total. The standard InChI is InChI=1S/C17H27N3O3S2/c1-3-4-15-5-7-16(8-6-15)25(21,22)20-12-10-19(11-13-20)17(24)18-9-14-23-2/h5-8H,3-4,9-14H2,1-2H3,(H,18,24). The molecule has 1 fully saturated rings. The smallest absolute Gasteiger partial charge is 0.243 e. The topological polar surface area (TPSA) is 61.9 Å². The monoisotopic (exact) mass is 385 g/mol. The van der Waals surface area contributed by atoms with Crippen LogP contribution in [0.25, 0.3) is 0 Å². The fourth-order valence-electron chi connectivity index (χ4n) is 2.77. The van der Waals surface area contributed by atoms with E-state index in [1.807, 2.05) is 17.0 Å². The van der Waals surface area contributed by atoms with Crippen molar-refractivity contribution in [2.45, 2.75) is 24.7 Å². The van der Waals surface area contributed by atoms with Crippen LogP contribution in [0.5, 0.6) is 0 Å². The van der Waals surface area contributed by atoms with Crippen LogP contribution in [0.1, 0.15) is 18.9 Å². The molecule has 1 saturated heterocycles. The number of sulfonamides is 1. The summed E-state index contributed by atoms with van der Waals surface area (Å²) in [6.45, 7) is 5.40. The first kappa shape index (κ1) is 20.1. The van der Waals surface area contributed by atoms with E-state index in [0.29, 0.717) is 49.3 Å². The molecule has 1 aromatic carbocycles. The number of aryl methyl sites for hydroxylation is 1. The van der Waals surface area contributed by atoms with Crippen molar-refractivity contribution in [3.63, 3.8) is 0 Å². The average molecular weight is 386 g/mol. The summed E-state index contributed by atoms with van der Waals surface area (Å²) < 4.78 is 32.1. The van der Waals surface area contributed by atoms with Crippen LogP contribution in [0.15, 0.2) is 29.2 Å². The van der Waals surface area contributed by atoms with Gasteiger partial charge in [0.2, 0.25) is 10.0 Å². The molecular weight excluding hydrogens is 358 g/mol. The summed E-state index contributed by atoms with van der Waals surface area (Å²) in [5, 5.41) is 3.77. The zero-order valence-corrected chi connectivity index (χ0v) is 16.5. The highest BCUT2D eigenvalue weighted by Crippen LogP contribution is 2.19. The third kappa shape index (κ3) is 5.37. The molecule has 0 saturated carbocycles. The van der Waals surface area contributed by atoms with Crippen molar-refractivity contribution in [3.05, 3.63) is 29.8 Å². The number of piperazine rings is 1. The normalized spacial score (nSPS) is 16.0. The summed E-state index contributed by atoms with van der Waals surface area (Å²) in [6, 6.07) is 7.23. The quantitative estimate of drug-likeness (QED) is 0.566. The Morgan fingerprint density at radius 2 is 1.84 bits per heavy atom. The van der Waals surface area contributed by atoms with Gasteiger partial charge in [-0.1, -0.05) is 25.5 Å². The molecule has 1 aliphatic heterocycles. The number of nitrogens with zero attached hydrogens (tertiary/aromatic N) is 2. The Bertz CT molecular complexity index is 654. The van der Waals surface area contributed by atoms with E-state index < -0.39 is 10.0 Å². The van der Waals surface area contributed by atoms with Gasteiger partial charge in [0.15, 0.2) is 5.11 Å². The summed E-state index contributed by atoms with van der Waals surface area (Å²) in [5.41, 5.74) is 1.17. The lowest BCUT2D eigenvalue weighted by atomic mass is 10.1. The van der Waals surface area contributed by atoms with E-state index in [2.05, 4.69) is 12.2 Å². The molecule has 25 heavy (non-hydrogen) atoms. The average Bonchev–Trinajstić information content (AvgIpc) is 2.63. The molecule has 0 aliphatic carbocycles. The molecule has 0 atom stereocenters. The van der Waals surface area contributed by atoms with E-state index in [1.54, 1.807) is 19.2 Å². The number of ether oxygens (including phenoxy) is 1. The van der Waals surface area contributed by atoms with Crippen molar-refractivity contribution in [2.75, 3.05) is 46.4 Å². The number of nitrogens with one attached hydrogen (secondary N) is 1. The maximum Gasteiger partial charge on any atom is 0.243 e. The Morgan fingerprint density at radius 1 is 1.20 bits per heavy atom. The third-order valence-electron chi connectivity index (χ3n) is 4.21. The van der Waals surface area contributed by atoms with Crippen LogP contribution in [-0.4, -0.2) is 69.2 Å². The maximum atomic E-state index is 12.8. The number of hydrogen-bond acceptors (Lipinski definition) is 4. The molecule has 140 valence electrons. The summed E-state index contributed by atoms with van der Waals surface area (Å²) in [5.74, 6) is 0. The molecule has 1 aliphatic rings. The lowest BCUT2D eigenvalue weighted by Gasteiger charge is -2.35. The largest absolute Gasteiger partial charge is 0.383 e. The molecule has 1 heterocycles. The second-order valence-corrected chi connectivity index (χ2v) is 8.33. The SMILES string of the molecule is CCCc1ccc(S(=O)(=O)N2CCN(C(=S)NCCOC)CC2)cc1. The van der Waals surface area contributed by atoms with Crippen molar-refractivity contribution in [2.24, 2.45) is 0 Å². The number of rotatable bonds is 7. The van der Waals surface area contributed by atoms with Gasteiger partial charge in [0.25, 0.3) is 0 Å². The fraction of sp³-hybridized carbons (Fsp3) is 0.588. The van der Waals surface area contributed by atoms with Crippen LogP contribution in [0.2, 0.25) is 0 Å². The van der Waals surface area contributed by atoms with Crippen molar-refractivity contribution in [1.29, 1.82) is 0 Å². The highest BCUT2D eigenvalue weighted by Gasteiger charge is 2.29. The molecule has 0 bridgehead atoms. The summed E-state index contributed by atoms with van der Waals surface area (Å²) in [4.78, 5) is 2.36. The minimum Gasteiger partial charge on any atom is -0.383 e. The van der Waals surface area contributed by atoms with E-state index in [-0.39, 0.29) is 0 Å². The highest BCUT2D eigenvalue weighted by atomic mass is 32.2. The molecule has 0 unspecified atom stereocenters. The van der Waals surface area contributed by atoms with Crippen LogP contribution in [-0.2, 0) is 21.2 Å². The first-order chi connectivity index (χ1) is 12.0. The van der Waals surface area contributed by atoms with Crippen molar-refractivity contribution in [1.82, 2.24) is 14.5 Å². The number of benzene rings is 1. The molecule has 0 radical (unpaired) electrons. The zero-order valence-electron chi connectivity index (χ0n) is 14.9. The van der Waals surface area contributed by atoms with Gasteiger partial charge in [-0.3, -0.25) is 0 Å². The van der Waals surface area contributed by atoms with Gasteiger partial charge < -0.3 is 15.0 Å². The van der Waals surface area contributed by atoms with Crippen molar-refractivity contribution in [3.8, 4) is 0 Å². The van der Waals surface area contributed by atoms with Gasteiger partial charge in [-0.2, -0.15) is 4.31 Å². The summed E-state index contributed by atoms with van der Waals surface area (Å²) >= 11 is 5.34. The van der Waals surface area contributed by atoms with Crippen LogP contribution in [0, 0.1) is 0 Å². The van der Waals surface area contributed by atoms with Gasteiger partial charge >= 0.3 is 0 Å². The second kappa shape index (κ2) is 9.47. The zero-order chi connectivity index (χ0) is 18.3. The molecule has 1 aromatic rings. The summed E-state index contributed by atoms with van der Waals surface area (Å²) in [6.07, 6.45) is 2.01. The molecule has 8 heteroatoms. The molecule has 1 N–H and O–H groups in total. The highest BCUT2D eigenvalue weighted by molar-refractivity contribution is 7.89. The second-order valence-electron chi connectivity index (χ2n) is 6.01. The Kier molecular flexibility index (Phi) is 7.61. The number of methoxy groups -OCH3 is 1. The first-order valence-corrected chi connectivity index (χ1v) is 10.4. The van der Waals surface area contributed by atoms with E-state index in [1.165, 1.54) is 9.87 Å². The van der Waals surface area contributed by atoms with E-state index >= 15 is 0 Å². The van der Waals surface area contributed by atoms with Crippen LogP contribution in [0.4, 0.5) is 0 Å². The Morgan fingerprint density at radius 3 is 2.40 bits per heavy atom. The number of thiocarbonyl (C=S) groups is 1. The Balaban J connectivity index is 1.93. The van der Waals surface area contributed by atoms with Gasteiger partial charge in [-0.05, 0) is 36.3 Å². The first-order valence-electron chi connectivity index (χ1n) is 8.60. The number of hydrogen-bond donors (Lipinski definition) is 1. The van der Waals surface area contributed by atoms with Crippen LogP contribution < -0.4 is 5.32 Å². The van der Waals surface area contributed by atoms with Crippen LogP contribution in [0.3, 0.4) is 0 Å². The molecule has 2 rings (SSSR count). The van der Waals surface area contributed by atoms with Gasteiger partial charge in [0.1, 0.15) is 0 Å². The van der Waals surface area contributed by atoms with E-state index in [0.717, 1.165) is 12.8 Å². The predicted molar refractivity (Wildman–Crippen MR) is 103 cm³/mol. The van der Waals surface area contributed by atoms with E-state index in [4.69, 9.17) is 17.0 Å². The van der Waals surface area contributed by atoms with Gasteiger partial charge in [0, 0.05) is 39.8 Å². The maximum absolute atomic E-state index is 12.8. The Hall–Kier alpha value is -1.22. The minimum absolute atomic E-state index is 0.363. The molecular formula is C17H27N3O3S2. The van der Waals surface area contributed by atoms with Crippen LogP contribution >= 0.6 is 12.2 Å². The van der Waals surface area contributed by atoms with E-state index in [9.17, 15) is 8.42 Å². The van der Waals surface area contributed by atoms with Crippen molar-refractivity contribution < 1.29 is 13.2 Å². The molecule has 0 amide bonds. The third-order valence-corrected chi connectivity index (χ3v) is 6.52. The van der Waals surface area contributed by atoms with Gasteiger partial charge in [0.05, 0.1) is 11.5 Å². The lowest BCUT2D eigenvalue weighted by Crippen LogP contribution is -2.53. The Labute approximate surface area is 156 Å². The minimum atomic E-state index is -3.44. The van der Waals surface area contributed by atoms with Gasteiger partial charge in [-0.15, -0.1) is 0 Å².